The molecule has 5 nitrogen and oxygen atoms in total. The van der Waals surface area contributed by atoms with Gasteiger partial charge in [-0.05, 0) is 86.1 Å². The van der Waals surface area contributed by atoms with Crippen LogP contribution in [-0.4, -0.2) is 38.0 Å². The summed E-state index contributed by atoms with van der Waals surface area (Å²) >= 11 is 0. The van der Waals surface area contributed by atoms with Crippen molar-refractivity contribution in [3.05, 3.63) is 82.3 Å². The Morgan fingerprint density at radius 3 is 2.68 bits per heavy atom. The Morgan fingerprint density at radius 1 is 1.10 bits per heavy atom. The third kappa shape index (κ3) is 3.74. The summed E-state index contributed by atoms with van der Waals surface area (Å²) in [4.78, 5) is 23.8. The highest BCUT2D eigenvalue weighted by Gasteiger charge is 2.38. The fraction of sp³-hybridized carbons (Fsp3) is 0.346. The summed E-state index contributed by atoms with van der Waals surface area (Å²) in [6.07, 6.45) is 6.73. The number of carbonyl (C=O) groups is 1. The Balaban J connectivity index is 1.37. The van der Waals surface area contributed by atoms with Crippen molar-refractivity contribution < 1.29 is 9.90 Å². The molecule has 3 aromatic rings. The molecule has 1 fully saturated rings. The molecule has 2 aromatic heterocycles. The number of pyridine rings is 2. The molecule has 1 aliphatic heterocycles. The molecule has 5 rings (SSSR count). The number of aliphatic hydroxyl groups is 1. The molecular weight excluding hydrogens is 386 g/mol. The van der Waals surface area contributed by atoms with Crippen LogP contribution in [0.25, 0.3) is 11.3 Å². The highest BCUT2D eigenvalue weighted by Crippen LogP contribution is 2.33. The number of fused-ring (bicyclic) bond motifs is 1. The fourth-order valence-electron chi connectivity index (χ4n) is 4.92. The van der Waals surface area contributed by atoms with E-state index in [1.807, 2.05) is 36.2 Å². The summed E-state index contributed by atoms with van der Waals surface area (Å²) in [5, 5.41) is 10.3. The van der Waals surface area contributed by atoms with E-state index in [1.165, 1.54) is 5.56 Å². The normalized spacial score (nSPS) is 20.4. The smallest absolute Gasteiger partial charge is 0.254 e. The molecule has 2 atom stereocenters. The number of aliphatic hydroxyl groups excluding tert-OH is 1. The molecule has 0 radical (unpaired) electrons. The Labute approximate surface area is 182 Å². The van der Waals surface area contributed by atoms with Gasteiger partial charge in [-0.1, -0.05) is 12.1 Å². The molecule has 5 heteroatoms. The van der Waals surface area contributed by atoms with Crippen LogP contribution in [0.3, 0.4) is 0 Å². The molecule has 1 saturated carbocycles. The highest BCUT2D eigenvalue weighted by atomic mass is 16.3. The monoisotopic (exact) mass is 413 g/mol. The predicted octanol–water partition coefficient (Wildman–Crippen LogP) is 4.22. The topological polar surface area (TPSA) is 66.3 Å². The first kappa shape index (κ1) is 19.9. The van der Waals surface area contributed by atoms with Crippen LogP contribution in [-0.2, 0) is 13.0 Å². The second-order valence-corrected chi connectivity index (χ2v) is 8.85. The number of hydrogen-bond donors (Lipinski definition) is 1. The second-order valence-electron chi connectivity index (χ2n) is 8.85. The van der Waals surface area contributed by atoms with Gasteiger partial charge in [0.2, 0.25) is 0 Å². The summed E-state index contributed by atoms with van der Waals surface area (Å²) in [6, 6.07) is 12.3. The van der Waals surface area contributed by atoms with E-state index in [9.17, 15) is 9.90 Å². The quantitative estimate of drug-likeness (QED) is 0.695. The molecule has 3 heterocycles. The number of rotatable bonds is 4. The predicted molar refractivity (Wildman–Crippen MR) is 120 cm³/mol. The number of carbonyl (C=O) groups excluding carboxylic acids is 1. The van der Waals surface area contributed by atoms with Crippen LogP contribution in [0.4, 0.5) is 0 Å². The van der Waals surface area contributed by atoms with E-state index in [0.29, 0.717) is 6.54 Å². The number of aromatic nitrogens is 2. The van der Waals surface area contributed by atoms with Gasteiger partial charge in [-0.15, -0.1) is 0 Å². The number of hydrogen-bond acceptors (Lipinski definition) is 4. The average molecular weight is 414 g/mol. The van der Waals surface area contributed by atoms with E-state index < -0.39 is 6.10 Å². The van der Waals surface area contributed by atoms with Crippen LogP contribution in [0.15, 0.2) is 48.8 Å². The number of benzene rings is 1. The van der Waals surface area contributed by atoms with E-state index >= 15 is 0 Å². The van der Waals surface area contributed by atoms with E-state index in [2.05, 4.69) is 35.1 Å². The minimum absolute atomic E-state index is 0.0442. The molecular formula is C26H27N3O2. The van der Waals surface area contributed by atoms with Gasteiger partial charge in [-0.2, -0.15) is 0 Å². The largest absolute Gasteiger partial charge is 0.391 e. The summed E-state index contributed by atoms with van der Waals surface area (Å²) in [6.45, 7) is 4.69. The number of nitrogens with zero attached hydrogens (tertiary/aromatic N) is 3. The van der Waals surface area contributed by atoms with Crippen molar-refractivity contribution >= 4 is 5.91 Å². The molecule has 1 aliphatic carbocycles. The molecule has 31 heavy (non-hydrogen) atoms. The van der Waals surface area contributed by atoms with Crippen LogP contribution in [0.1, 0.15) is 57.6 Å². The maximum absolute atomic E-state index is 13.1. The van der Waals surface area contributed by atoms with Crippen LogP contribution in [0.5, 0.6) is 0 Å². The zero-order valence-corrected chi connectivity index (χ0v) is 18.0. The van der Waals surface area contributed by atoms with Gasteiger partial charge in [0, 0.05) is 35.8 Å². The molecule has 1 amide bonds. The lowest BCUT2D eigenvalue weighted by molar-refractivity contribution is 0.0479. The Bertz CT molecular complexity index is 1140. The van der Waals surface area contributed by atoms with Gasteiger partial charge < -0.3 is 10.0 Å². The van der Waals surface area contributed by atoms with Gasteiger partial charge in [0.25, 0.3) is 5.91 Å². The van der Waals surface area contributed by atoms with Gasteiger partial charge >= 0.3 is 0 Å². The second kappa shape index (κ2) is 7.89. The van der Waals surface area contributed by atoms with Gasteiger partial charge in [-0.3, -0.25) is 14.8 Å². The number of amides is 1. The minimum Gasteiger partial charge on any atom is -0.391 e. The molecule has 2 aliphatic rings. The standard InChI is InChI=1S/C26H27N3O2/c1-16-10-21-15-29(24-4-3-5-25(24)30)26(31)22(21)13-20(16)12-18-6-7-23(28-14-18)19-8-9-27-17(2)11-19/h6-11,13-14,24-25,30H,3-5,12,15H2,1-2H3/t24-,25-/m0/s1. The van der Waals surface area contributed by atoms with Crippen LogP contribution in [0.2, 0.25) is 0 Å². The minimum atomic E-state index is -0.396. The van der Waals surface area contributed by atoms with Crippen LogP contribution in [0, 0.1) is 13.8 Å². The molecule has 1 N–H and O–H groups in total. The zero-order chi connectivity index (χ0) is 21.5. The van der Waals surface area contributed by atoms with E-state index in [1.54, 1.807) is 6.20 Å². The lowest BCUT2D eigenvalue weighted by atomic mass is 9.96. The lowest BCUT2D eigenvalue weighted by Crippen LogP contribution is -2.40. The van der Waals surface area contributed by atoms with Crippen molar-refractivity contribution in [1.29, 1.82) is 0 Å². The lowest BCUT2D eigenvalue weighted by Gasteiger charge is -2.26. The SMILES string of the molecule is Cc1cc(-c2ccc(Cc3cc4c(cc3C)CN([C@H]3CCC[C@@H]3O)C4=O)cn2)ccn1. The van der Waals surface area contributed by atoms with Gasteiger partial charge in [0.1, 0.15) is 0 Å². The maximum Gasteiger partial charge on any atom is 0.254 e. The first-order valence-electron chi connectivity index (χ1n) is 11.0. The summed E-state index contributed by atoms with van der Waals surface area (Å²) in [7, 11) is 0. The number of aryl methyl sites for hydroxylation is 2. The summed E-state index contributed by atoms with van der Waals surface area (Å²) in [5.41, 5.74) is 8.29. The van der Waals surface area contributed by atoms with Crippen molar-refractivity contribution in [3.8, 4) is 11.3 Å². The molecule has 0 bridgehead atoms. The average Bonchev–Trinajstić information content (AvgIpc) is 3.32. The molecule has 1 aromatic carbocycles. The van der Waals surface area contributed by atoms with Gasteiger partial charge in [-0.25, -0.2) is 0 Å². The fourth-order valence-corrected chi connectivity index (χ4v) is 4.92. The van der Waals surface area contributed by atoms with E-state index in [0.717, 1.165) is 64.9 Å². The molecule has 158 valence electrons. The van der Waals surface area contributed by atoms with Crippen molar-refractivity contribution in [2.24, 2.45) is 0 Å². The molecule has 0 saturated heterocycles. The van der Waals surface area contributed by atoms with Gasteiger partial charge in [0.05, 0.1) is 17.8 Å². The molecule has 0 unspecified atom stereocenters. The van der Waals surface area contributed by atoms with E-state index in [-0.39, 0.29) is 11.9 Å². The third-order valence-corrected chi connectivity index (χ3v) is 6.65. The first-order chi connectivity index (χ1) is 15.0. The van der Waals surface area contributed by atoms with Crippen molar-refractivity contribution in [3.63, 3.8) is 0 Å². The maximum atomic E-state index is 13.1. The van der Waals surface area contributed by atoms with Crippen molar-refractivity contribution in [2.45, 2.75) is 58.2 Å². The molecule has 0 spiro atoms. The Kier molecular flexibility index (Phi) is 5.06. The van der Waals surface area contributed by atoms with Crippen molar-refractivity contribution in [2.75, 3.05) is 0 Å². The first-order valence-corrected chi connectivity index (χ1v) is 11.0. The van der Waals surface area contributed by atoms with Crippen LogP contribution >= 0.6 is 0 Å². The summed E-state index contributed by atoms with van der Waals surface area (Å²) < 4.78 is 0. The highest BCUT2D eigenvalue weighted by molar-refractivity contribution is 5.99. The Hall–Kier alpha value is -3.05. The van der Waals surface area contributed by atoms with Crippen LogP contribution < -0.4 is 0 Å². The van der Waals surface area contributed by atoms with E-state index in [4.69, 9.17) is 0 Å². The zero-order valence-electron chi connectivity index (χ0n) is 18.0. The Morgan fingerprint density at radius 2 is 1.97 bits per heavy atom. The third-order valence-electron chi connectivity index (χ3n) is 6.65. The summed E-state index contributed by atoms with van der Waals surface area (Å²) in [5.74, 6) is 0.0590. The van der Waals surface area contributed by atoms with Crippen molar-refractivity contribution in [1.82, 2.24) is 14.9 Å². The van der Waals surface area contributed by atoms with Gasteiger partial charge in [0.15, 0.2) is 0 Å².